The van der Waals surface area contributed by atoms with Gasteiger partial charge >= 0.3 is 0 Å². The minimum absolute atomic E-state index is 0.639. The van der Waals surface area contributed by atoms with Gasteiger partial charge < -0.3 is 15.4 Å². The Morgan fingerprint density at radius 2 is 2.14 bits per heavy atom. The molecule has 1 aromatic heterocycles. The molecule has 2 N–H and O–H groups in total. The molecule has 21 heavy (non-hydrogen) atoms. The minimum Gasteiger partial charge on any atom is -0.478 e. The van der Waals surface area contributed by atoms with Crippen LogP contribution in [0.4, 0.5) is 11.5 Å². The van der Waals surface area contributed by atoms with Gasteiger partial charge in [0.1, 0.15) is 12.1 Å². The van der Waals surface area contributed by atoms with E-state index in [1.165, 1.54) is 11.1 Å². The SMILES string of the molecule is CCCOc1cc(N2CCc3ccc(N)cc3C2)ncn1. The molecule has 0 saturated carbocycles. The zero-order chi connectivity index (χ0) is 14.7. The fourth-order valence-electron chi connectivity index (χ4n) is 2.56. The molecule has 3 rings (SSSR count). The quantitative estimate of drug-likeness (QED) is 0.873. The Labute approximate surface area is 124 Å². The number of rotatable bonds is 4. The van der Waals surface area contributed by atoms with Crippen molar-refractivity contribution in [2.75, 3.05) is 23.8 Å². The van der Waals surface area contributed by atoms with E-state index in [1.807, 2.05) is 12.1 Å². The van der Waals surface area contributed by atoms with Crippen LogP contribution >= 0.6 is 0 Å². The predicted octanol–water partition coefficient (Wildman–Crippen LogP) is 2.41. The van der Waals surface area contributed by atoms with Crippen molar-refractivity contribution in [3.63, 3.8) is 0 Å². The molecule has 2 heterocycles. The lowest BCUT2D eigenvalue weighted by Crippen LogP contribution is -2.31. The summed E-state index contributed by atoms with van der Waals surface area (Å²) >= 11 is 0. The third-order valence-corrected chi connectivity index (χ3v) is 3.65. The summed E-state index contributed by atoms with van der Waals surface area (Å²) in [6.45, 7) is 4.52. The molecule has 0 amide bonds. The molecule has 0 fully saturated rings. The summed E-state index contributed by atoms with van der Waals surface area (Å²) in [5.41, 5.74) is 9.34. The Bertz CT molecular complexity index is 629. The number of nitrogens with zero attached hydrogens (tertiary/aromatic N) is 3. The van der Waals surface area contributed by atoms with Gasteiger partial charge in [-0.25, -0.2) is 9.97 Å². The number of nitrogen functional groups attached to an aromatic ring is 1. The van der Waals surface area contributed by atoms with E-state index < -0.39 is 0 Å². The third kappa shape index (κ3) is 3.07. The maximum Gasteiger partial charge on any atom is 0.218 e. The van der Waals surface area contributed by atoms with Gasteiger partial charge in [-0.05, 0) is 36.1 Å². The summed E-state index contributed by atoms with van der Waals surface area (Å²) < 4.78 is 5.58. The fourth-order valence-corrected chi connectivity index (χ4v) is 2.56. The molecule has 5 nitrogen and oxygen atoms in total. The van der Waals surface area contributed by atoms with Crippen molar-refractivity contribution in [3.05, 3.63) is 41.7 Å². The topological polar surface area (TPSA) is 64.3 Å². The first kappa shape index (κ1) is 13.7. The lowest BCUT2D eigenvalue weighted by Gasteiger charge is -2.30. The molecule has 0 unspecified atom stereocenters. The van der Waals surface area contributed by atoms with Crippen LogP contribution in [0.2, 0.25) is 0 Å². The molecular formula is C16H20N4O. The summed E-state index contributed by atoms with van der Waals surface area (Å²) in [6, 6.07) is 8.05. The second-order valence-corrected chi connectivity index (χ2v) is 5.26. The second kappa shape index (κ2) is 5.99. The molecule has 0 bridgehead atoms. The second-order valence-electron chi connectivity index (χ2n) is 5.26. The van der Waals surface area contributed by atoms with Crippen molar-refractivity contribution in [3.8, 4) is 5.88 Å². The van der Waals surface area contributed by atoms with E-state index in [2.05, 4.69) is 33.9 Å². The predicted molar refractivity (Wildman–Crippen MR) is 83.4 cm³/mol. The van der Waals surface area contributed by atoms with Gasteiger partial charge in [0.2, 0.25) is 5.88 Å². The van der Waals surface area contributed by atoms with E-state index >= 15 is 0 Å². The number of benzene rings is 1. The number of ether oxygens (including phenoxy) is 1. The standard InChI is InChI=1S/C16H20N4O/c1-2-7-21-16-9-15(18-11-19-16)20-6-5-12-3-4-14(17)8-13(12)10-20/h3-4,8-9,11H,2,5-7,10,17H2,1H3. The van der Waals surface area contributed by atoms with Gasteiger partial charge in [-0.15, -0.1) is 0 Å². The highest BCUT2D eigenvalue weighted by molar-refractivity contribution is 5.50. The average Bonchev–Trinajstić information content (AvgIpc) is 2.52. The largest absolute Gasteiger partial charge is 0.478 e. The van der Waals surface area contributed by atoms with Crippen molar-refractivity contribution < 1.29 is 4.74 Å². The van der Waals surface area contributed by atoms with Crippen molar-refractivity contribution >= 4 is 11.5 Å². The van der Waals surface area contributed by atoms with E-state index in [4.69, 9.17) is 10.5 Å². The minimum atomic E-state index is 0.639. The summed E-state index contributed by atoms with van der Waals surface area (Å²) in [5.74, 6) is 1.55. The van der Waals surface area contributed by atoms with Crippen LogP contribution in [-0.2, 0) is 13.0 Å². The van der Waals surface area contributed by atoms with Crippen LogP contribution in [0.5, 0.6) is 5.88 Å². The van der Waals surface area contributed by atoms with Crippen LogP contribution in [0.3, 0.4) is 0 Å². The van der Waals surface area contributed by atoms with Gasteiger partial charge in [-0.3, -0.25) is 0 Å². The molecule has 1 aliphatic heterocycles. The number of aromatic nitrogens is 2. The summed E-state index contributed by atoms with van der Waals surface area (Å²) in [4.78, 5) is 10.8. The van der Waals surface area contributed by atoms with Crippen molar-refractivity contribution in [1.82, 2.24) is 9.97 Å². The molecule has 0 spiro atoms. The van der Waals surface area contributed by atoms with Gasteiger partial charge in [-0.1, -0.05) is 13.0 Å². The molecule has 0 saturated heterocycles. The smallest absolute Gasteiger partial charge is 0.218 e. The first-order valence-electron chi connectivity index (χ1n) is 7.33. The average molecular weight is 284 g/mol. The lowest BCUT2D eigenvalue weighted by atomic mass is 9.99. The summed E-state index contributed by atoms with van der Waals surface area (Å²) in [5, 5.41) is 0. The third-order valence-electron chi connectivity index (χ3n) is 3.65. The Kier molecular flexibility index (Phi) is 3.90. The van der Waals surface area contributed by atoms with Gasteiger partial charge in [0.15, 0.2) is 0 Å². The molecule has 110 valence electrons. The molecule has 0 radical (unpaired) electrons. The van der Waals surface area contributed by atoms with E-state index in [0.717, 1.165) is 37.4 Å². The van der Waals surface area contributed by atoms with E-state index in [-0.39, 0.29) is 0 Å². The Morgan fingerprint density at radius 3 is 3.00 bits per heavy atom. The molecular weight excluding hydrogens is 264 g/mol. The van der Waals surface area contributed by atoms with Crippen LogP contribution in [0.1, 0.15) is 24.5 Å². The fraction of sp³-hybridized carbons (Fsp3) is 0.375. The Morgan fingerprint density at radius 1 is 1.24 bits per heavy atom. The van der Waals surface area contributed by atoms with Crippen molar-refractivity contribution in [2.45, 2.75) is 26.3 Å². The maximum absolute atomic E-state index is 5.88. The number of fused-ring (bicyclic) bond motifs is 1. The molecule has 0 aliphatic carbocycles. The zero-order valence-electron chi connectivity index (χ0n) is 12.2. The molecule has 2 aromatic rings. The van der Waals surface area contributed by atoms with E-state index in [9.17, 15) is 0 Å². The highest BCUT2D eigenvalue weighted by atomic mass is 16.5. The Hall–Kier alpha value is -2.30. The normalized spacial score (nSPS) is 13.9. The van der Waals surface area contributed by atoms with Crippen LogP contribution in [-0.4, -0.2) is 23.1 Å². The van der Waals surface area contributed by atoms with E-state index in [1.54, 1.807) is 6.33 Å². The van der Waals surface area contributed by atoms with Gasteiger partial charge in [0.25, 0.3) is 0 Å². The van der Waals surface area contributed by atoms with Crippen LogP contribution in [0, 0.1) is 0 Å². The monoisotopic (exact) mass is 284 g/mol. The highest BCUT2D eigenvalue weighted by Crippen LogP contribution is 2.25. The van der Waals surface area contributed by atoms with E-state index in [0.29, 0.717) is 12.5 Å². The zero-order valence-corrected chi connectivity index (χ0v) is 12.2. The van der Waals surface area contributed by atoms with Gasteiger partial charge in [0.05, 0.1) is 6.61 Å². The van der Waals surface area contributed by atoms with Crippen LogP contribution in [0.25, 0.3) is 0 Å². The van der Waals surface area contributed by atoms with Crippen LogP contribution < -0.4 is 15.4 Å². The van der Waals surface area contributed by atoms with Crippen LogP contribution in [0.15, 0.2) is 30.6 Å². The number of hydrogen-bond donors (Lipinski definition) is 1. The van der Waals surface area contributed by atoms with Gasteiger partial charge in [-0.2, -0.15) is 0 Å². The summed E-state index contributed by atoms with van der Waals surface area (Å²) in [7, 11) is 0. The first-order chi connectivity index (χ1) is 10.3. The molecule has 1 aromatic carbocycles. The number of anilines is 2. The number of hydrogen-bond acceptors (Lipinski definition) is 5. The lowest BCUT2D eigenvalue weighted by molar-refractivity contribution is 0.304. The van der Waals surface area contributed by atoms with Gasteiger partial charge in [0, 0.05) is 24.8 Å². The Balaban J connectivity index is 1.79. The number of nitrogens with two attached hydrogens (primary N) is 1. The molecule has 0 atom stereocenters. The molecule has 1 aliphatic rings. The maximum atomic E-state index is 5.88. The molecule has 5 heteroatoms. The first-order valence-corrected chi connectivity index (χ1v) is 7.33. The van der Waals surface area contributed by atoms with Crippen molar-refractivity contribution in [2.24, 2.45) is 0 Å². The van der Waals surface area contributed by atoms with Crippen molar-refractivity contribution in [1.29, 1.82) is 0 Å². The highest BCUT2D eigenvalue weighted by Gasteiger charge is 2.18. The summed E-state index contributed by atoms with van der Waals surface area (Å²) in [6.07, 6.45) is 3.54.